The van der Waals surface area contributed by atoms with Crippen molar-refractivity contribution in [3.63, 3.8) is 0 Å². The maximum Gasteiger partial charge on any atom is 0.247 e. The van der Waals surface area contributed by atoms with Gasteiger partial charge in [-0.25, -0.2) is 9.88 Å². The van der Waals surface area contributed by atoms with Crippen molar-refractivity contribution in [2.45, 2.75) is 16.7 Å². The Labute approximate surface area is 141 Å². The molecule has 1 fully saturated rings. The molecule has 22 heavy (non-hydrogen) atoms. The highest BCUT2D eigenvalue weighted by atomic mass is 35.5. The van der Waals surface area contributed by atoms with E-state index in [-0.39, 0.29) is 23.3 Å². The largest absolute Gasteiger partial charge is 0.274 e. The fourth-order valence-electron chi connectivity index (χ4n) is 2.18. The minimum atomic E-state index is -0.502. The lowest BCUT2D eigenvalue weighted by molar-refractivity contribution is -0.121. The molecule has 1 saturated heterocycles. The lowest BCUT2D eigenvalue weighted by Crippen LogP contribution is -2.31. The van der Waals surface area contributed by atoms with Crippen LogP contribution < -0.4 is 4.90 Å². The van der Waals surface area contributed by atoms with Crippen molar-refractivity contribution in [3.05, 3.63) is 52.6 Å². The molecule has 0 N–H and O–H groups in total. The molecule has 0 unspecified atom stereocenters. The predicted molar refractivity (Wildman–Crippen MR) is 87.5 cm³/mol. The minimum absolute atomic E-state index is 0.114. The second-order valence-corrected chi connectivity index (χ2v) is 6.63. The summed E-state index contributed by atoms with van der Waals surface area (Å²) in [5.41, 5.74) is 0.327. The first kappa shape index (κ1) is 15.3. The first-order valence-electron chi connectivity index (χ1n) is 6.46. The van der Waals surface area contributed by atoms with Crippen molar-refractivity contribution in [2.24, 2.45) is 0 Å². The third-order valence-electron chi connectivity index (χ3n) is 3.18. The molecule has 112 valence electrons. The molecule has 3 rings (SSSR count). The summed E-state index contributed by atoms with van der Waals surface area (Å²) in [6, 6.07) is 10.3. The molecule has 1 aromatic heterocycles. The quantitative estimate of drug-likeness (QED) is 0.788. The molecule has 4 nitrogen and oxygen atoms in total. The van der Waals surface area contributed by atoms with Crippen molar-refractivity contribution >= 4 is 52.5 Å². The summed E-state index contributed by atoms with van der Waals surface area (Å²) < 4.78 is 0. The Bertz CT molecular complexity index is 740. The topological polar surface area (TPSA) is 50.3 Å². The lowest BCUT2D eigenvalue weighted by Gasteiger charge is -2.16. The molecule has 1 aliphatic rings. The zero-order valence-corrected chi connectivity index (χ0v) is 13.5. The molecule has 2 aromatic rings. The van der Waals surface area contributed by atoms with E-state index in [2.05, 4.69) is 4.98 Å². The summed E-state index contributed by atoms with van der Waals surface area (Å²) in [6.45, 7) is 0. The monoisotopic (exact) mass is 352 g/mol. The molecule has 2 heterocycles. The van der Waals surface area contributed by atoms with Crippen LogP contribution in [0.3, 0.4) is 0 Å². The molecule has 1 aromatic carbocycles. The summed E-state index contributed by atoms with van der Waals surface area (Å²) in [6.07, 6.45) is 1.76. The number of halogens is 2. The van der Waals surface area contributed by atoms with E-state index in [1.165, 1.54) is 11.8 Å². The predicted octanol–water partition coefficient (Wildman–Crippen LogP) is 3.81. The van der Waals surface area contributed by atoms with Crippen LogP contribution in [0, 0.1) is 0 Å². The standard InChI is InChI=1S/C15H10Cl2N2O2S/c16-9-4-3-5-10(14(9)17)19-13(20)8-11(15(19)21)22-12-6-1-2-7-18-12/h1-7,11H,8H2/t11-/m0/s1. The number of nitrogens with zero attached hydrogens (tertiary/aromatic N) is 2. The number of anilines is 1. The van der Waals surface area contributed by atoms with E-state index >= 15 is 0 Å². The molecule has 0 saturated carbocycles. The van der Waals surface area contributed by atoms with E-state index in [0.29, 0.717) is 15.7 Å². The number of amides is 2. The fraction of sp³-hybridized carbons (Fsp3) is 0.133. The van der Waals surface area contributed by atoms with E-state index in [1.54, 1.807) is 36.5 Å². The molecule has 0 bridgehead atoms. The van der Waals surface area contributed by atoms with Gasteiger partial charge in [-0.1, -0.05) is 47.1 Å². The average Bonchev–Trinajstić information content (AvgIpc) is 2.78. The summed E-state index contributed by atoms with van der Waals surface area (Å²) >= 11 is 13.3. The second kappa shape index (κ2) is 6.28. The van der Waals surface area contributed by atoms with Crippen LogP contribution in [0.1, 0.15) is 6.42 Å². The van der Waals surface area contributed by atoms with Crippen molar-refractivity contribution in [2.75, 3.05) is 4.90 Å². The Morgan fingerprint density at radius 2 is 1.95 bits per heavy atom. The van der Waals surface area contributed by atoms with Crippen LogP contribution in [0.25, 0.3) is 0 Å². The van der Waals surface area contributed by atoms with Gasteiger partial charge in [0.05, 0.1) is 26.0 Å². The van der Waals surface area contributed by atoms with E-state index in [0.717, 1.165) is 4.90 Å². The summed E-state index contributed by atoms with van der Waals surface area (Å²) in [5.74, 6) is -0.590. The molecule has 0 spiro atoms. The van der Waals surface area contributed by atoms with E-state index in [1.807, 2.05) is 6.07 Å². The lowest BCUT2D eigenvalue weighted by atomic mass is 10.3. The van der Waals surface area contributed by atoms with Crippen molar-refractivity contribution in [1.29, 1.82) is 0 Å². The molecular weight excluding hydrogens is 343 g/mol. The van der Waals surface area contributed by atoms with Crippen molar-refractivity contribution in [3.8, 4) is 0 Å². The molecular formula is C15H10Cl2N2O2S. The van der Waals surface area contributed by atoms with Gasteiger partial charge in [-0.15, -0.1) is 0 Å². The summed E-state index contributed by atoms with van der Waals surface area (Å²) in [4.78, 5) is 30.0. The van der Waals surface area contributed by atoms with Gasteiger partial charge in [0.2, 0.25) is 11.8 Å². The Hall–Kier alpha value is -1.56. The third-order valence-corrected chi connectivity index (χ3v) is 5.12. The number of thioether (sulfide) groups is 1. The van der Waals surface area contributed by atoms with Gasteiger partial charge in [0, 0.05) is 12.6 Å². The number of aromatic nitrogens is 1. The number of rotatable bonds is 3. The fourth-order valence-corrected chi connectivity index (χ4v) is 3.56. The van der Waals surface area contributed by atoms with Crippen LogP contribution in [0.5, 0.6) is 0 Å². The highest BCUT2D eigenvalue weighted by Gasteiger charge is 2.41. The Kier molecular flexibility index (Phi) is 4.38. The van der Waals surface area contributed by atoms with Gasteiger partial charge >= 0.3 is 0 Å². The molecule has 1 atom stereocenters. The van der Waals surface area contributed by atoms with Crippen LogP contribution in [-0.4, -0.2) is 22.0 Å². The van der Waals surface area contributed by atoms with Gasteiger partial charge < -0.3 is 0 Å². The van der Waals surface area contributed by atoms with Gasteiger partial charge in [-0.05, 0) is 24.3 Å². The number of hydrogen-bond acceptors (Lipinski definition) is 4. The molecule has 2 amide bonds. The SMILES string of the molecule is O=C1C[C@H](Sc2ccccn2)C(=O)N1c1cccc(Cl)c1Cl. The van der Waals surface area contributed by atoms with Gasteiger partial charge in [0.15, 0.2) is 0 Å². The minimum Gasteiger partial charge on any atom is -0.274 e. The maximum absolute atomic E-state index is 12.5. The van der Waals surface area contributed by atoms with Crippen LogP contribution >= 0.6 is 35.0 Å². The van der Waals surface area contributed by atoms with Gasteiger partial charge in [0.1, 0.15) is 0 Å². The van der Waals surface area contributed by atoms with Gasteiger partial charge in [0.25, 0.3) is 0 Å². The number of hydrogen-bond donors (Lipinski definition) is 0. The highest BCUT2D eigenvalue weighted by Crippen LogP contribution is 2.38. The van der Waals surface area contributed by atoms with Gasteiger partial charge in [-0.3, -0.25) is 9.59 Å². The normalized spacial score (nSPS) is 18.1. The number of carbonyl (C=O) groups excluding carboxylic acids is 2. The van der Waals surface area contributed by atoms with E-state index in [9.17, 15) is 9.59 Å². The Balaban J connectivity index is 1.87. The van der Waals surface area contributed by atoms with E-state index in [4.69, 9.17) is 23.2 Å². The van der Waals surface area contributed by atoms with Crippen LogP contribution in [-0.2, 0) is 9.59 Å². The number of pyridine rings is 1. The van der Waals surface area contributed by atoms with Crippen molar-refractivity contribution < 1.29 is 9.59 Å². The zero-order chi connectivity index (χ0) is 15.7. The van der Waals surface area contributed by atoms with Crippen LogP contribution in [0.2, 0.25) is 10.0 Å². The average molecular weight is 353 g/mol. The van der Waals surface area contributed by atoms with E-state index < -0.39 is 5.25 Å². The maximum atomic E-state index is 12.5. The first-order chi connectivity index (χ1) is 10.6. The Morgan fingerprint density at radius 3 is 2.68 bits per heavy atom. The number of imide groups is 1. The first-order valence-corrected chi connectivity index (χ1v) is 8.10. The smallest absolute Gasteiger partial charge is 0.247 e. The van der Waals surface area contributed by atoms with Gasteiger partial charge in [-0.2, -0.15) is 0 Å². The zero-order valence-electron chi connectivity index (χ0n) is 11.2. The highest BCUT2D eigenvalue weighted by molar-refractivity contribution is 8.00. The molecule has 7 heteroatoms. The Morgan fingerprint density at radius 1 is 1.14 bits per heavy atom. The molecule has 0 radical (unpaired) electrons. The number of benzene rings is 1. The van der Waals surface area contributed by atoms with Crippen LogP contribution in [0.4, 0.5) is 5.69 Å². The molecule has 1 aliphatic heterocycles. The van der Waals surface area contributed by atoms with Crippen molar-refractivity contribution in [1.82, 2.24) is 4.98 Å². The summed E-state index contributed by atoms with van der Waals surface area (Å²) in [7, 11) is 0. The second-order valence-electron chi connectivity index (χ2n) is 4.62. The van der Waals surface area contributed by atoms with Crippen LogP contribution in [0.15, 0.2) is 47.6 Å². The summed E-state index contributed by atoms with van der Waals surface area (Å²) in [5, 5.41) is 0.708. The number of carbonyl (C=O) groups is 2. The third kappa shape index (κ3) is 2.84. The molecule has 0 aliphatic carbocycles.